The number of rotatable bonds is 4. The molecule has 1 aromatic heterocycles. The average Bonchev–Trinajstić information content (AvgIpc) is 2.97. The summed E-state index contributed by atoms with van der Waals surface area (Å²) < 4.78 is 0. The van der Waals surface area contributed by atoms with Crippen LogP contribution in [0.3, 0.4) is 0 Å². The molecule has 1 aliphatic rings. The van der Waals surface area contributed by atoms with Gasteiger partial charge in [-0.2, -0.15) is 0 Å². The number of hydrogen-bond acceptors (Lipinski definition) is 5. The lowest BCUT2D eigenvalue weighted by molar-refractivity contribution is 0.0930. The Bertz CT molecular complexity index is 641. The van der Waals surface area contributed by atoms with Gasteiger partial charge in [-0.05, 0) is 24.6 Å². The van der Waals surface area contributed by atoms with Crippen molar-refractivity contribution >= 4 is 29.0 Å². The van der Waals surface area contributed by atoms with Crippen molar-refractivity contribution in [1.82, 2.24) is 10.3 Å². The number of benzene rings is 1. The molecule has 1 atom stereocenters. The molecule has 1 aromatic carbocycles. The lowest BCUT2D eigenvalue weighted by atomic mass is 10.0. The summed E-state index contributed by atoms with van der Waals surface area (Å²) in [5, 5.41) is 5.84. The number of hydrogen-bond donors (Lipinski definition) is 2. The van der Waals surface area contributed by atoms with Crippen LogP contribution in [0.1, 0.15) is 33.5 Å². The zero-order valence-electron chi connectivity index (χ0n) is 11.5. The van der Waals surface area contributed by atoms with E-state index in [1.165, 1.54) is 21.8 Å². The minimum Gasteiger partial charge on any atom is -0.344 e. The van der Waals surface area contributed by atoms with Crippen LogP contribution in [-0.2, 0) is 6.42 Å². The van der Waals surface area contributed by atoms with Gasteiger partial charge in [0.2, 0.25) is 0 Å². The number of thiazole rings is 1. The number of fused-ring (bicyclic) bond motifs is 1. The molecule has 0 spiro atoms. The van der Waals surface area contributed by atoms with E-state index in [0.717, 1.165) is 23.6 Å². The summed E-state index contributed by atoms with van der Waals surface area (Å²) in [5.74, 6) is 0.929. The number of thioether (sulfide) groups is 1. The summed E-state index contributed by atoms with van der Waals surface area (Å²) >= 11 is 3.34. The molecule has 0 radical (unpaired) electrons. The molecule has 3 N–H and O–H groups in total. The van der Waals surface area contributed by atoms with Crippen molar-refractivity contribution in [3.05, 3.63) is 45.9 Å². The van der Waals surface area contributed by atoms with E-state index >= 15 is 0 Å². The summed E-state index contributed by atoms with van der Waals surface area (Å²) in [5.41, 5.74) is 7.22. The SMILES string of the molecule is NCCc1nc(C(=O)NC2CCSc3ccccc32)cs1. The lowest BCUT2D eigenvalue weighted by Crippen LogP contribution is -2.30. The molecule has 6 heteroatoms. The van der Waals surface area contributed by atoms with Crippen LogP contribution in [-0.4, -0.2) is 23.2 Å². The van der Waals surface area contributed by atoms with E-state index in [9.17, 15) is 4.79 Å². The van der Waals surface area contributed by atoms with Crippen molar-refractivity contribution in [3.8, 4) is 0 Å². The second-order valence-corrected chi connectivity index (χ2v) is 6.95. The highest BCUT2D eigenvalue weighted by molar-refractivity contribution is 7.99. The van der Waals surface area contributed by atoms with Crippen LogP contribution >= 0.6 is 23.1 Å². The standard InChI is InChI=1S/C15H17N3OS2/c16-7-5-14-17-12(9-21-14)15(19)18-11-6-8-20-13-4-2-1-3-10(11)13/h1-4,9,11H,5-8,16H2,(H,18,19). The van der Waals surface area contributed by atoms with E-state index < -0.39 is 0 Å². The molecule has 21 heavy (non-hydrogen) atoms. The average molecular weight is 319 g/mol. The largest absolute Gasteiger partial charge is 0.344 e. The van der Waals surface area contributed by atoms with Gasteiger partial charge in [0.1, 0.15) is 5.69 Å². The Morgan fingerprint density at radius 2 is 2.29 bits per heavy atom. The maximum absolute atomic E-state index is 12.3. The van der Waals surface area contributed by atoms with Crippen LogP contribution in [0.2, 0.25) is 0 Å². The smallest absolute Gasteiger partial charge is 0.271 e. The molecule has 3 rings (SSSR count). The van der Waals surface area contributed by atoms with Crippen molar-refractivity contribution in [2.75, 3.05) is 12.3 Å². The van der Waals surface area contributed by atoms with E-state index in [1.54, 1.807) is 0 Å². The number of nitrogens with zero attached hydrogens (tertiary/aromatic N) is 1. The van der Waals surface area contributed by atoms with Crippen molar-refractivity contribution < 1.29 is 4.79 Å². The topological polar surface area (TPSA) is 68.0 Å². The van der Waals surface area contributed by atoms with Crippen LogP contribution in [0.15, 0.2) is 34.5 Å². The van der Waals surface area contributed by atoms with Gasteiger partial charge in [-0.3, -0.25) is 4.79 Å². The number of amides is 1. The molecule has 2 heterocycles. The normalized spacial score (nSPS) is 17.3. The molecule has 0 aliphatic carbocycles. The Morgan fingerprint density at radius 3 is 3.14 bits per heavy atom. The van der Waals surface area contributed by atoms with Gasteiger partial charge in [-0.1, -0.05) is 18.2 Å². The fourth-order valence-electron chi connectivity index (χ4n) is 2.38. The van der Waals surface area contributed by atoms with Crippen molar-refractivity contribution in [2.24, 2.45) is 5.73 Å². The molecule has 110 valence electrons. The molecule has 0 saturated heterocycles. The van der Waals surface area contributed by atoms with Crippen molar-refractivity contribution in [2.45, 2.75) is 23.8 Å². The first-order valence-electron chi connectivity index (χ1n) is 6.95. The predicted molar refractivity (Wildman–Crippen MR) is 86.9 cm³/mol. The van der Waals surface area contributed by atoms with Gasteiger partial charge in [0.05, 0.1) is 11.0 Å². The van der Waals surface area contributed by atoms with E-state index in [-0.39, 0.29) is 11.9 Å². The highest BCUT2D eigenvalue weighted by atomic mass is 32.2. The van der Waals surface area contributed by atoms with Crippen molar-refractivity contribution in [3.63, 3.8) is 0 Å². The van der Waals surface area contributed by atoms with E-state index in [1.807, 2.05) is 29.3 Å². The van der Waals surface area contributed by atoms with Gasteiger partial charge in [-0.25, -0.2) is 4.98 Å². The van der Waals surface area contributed by atoms with E-state index in [4.69, 9.17) is 5.73 Å². The molecular formula is C15H17N3OS2. The molecule has 1 aliphatic heterocycles. The van der Waals surface area contributed by atoms with Gasteiger partial charge in [0.15, 0.2) is 0 Å². The second-order valence-electron chi connectivity index (χ2n) is 4.87. The van der Waals surface area contributed by atoms with Crippen molar-refractivity contribution in [1.29, 1.82) is 0 Å². The third kappa shape index (κ3) is 3.28. The van der Waals surface area contributed by atoms with Gasteiger partial charge in [0, 0.05) is 22.4 Å². The summed E-state index contributed by atoms with van der Waals surface area (Å²) in [6, 6.07) is 8.34. The van der Waals surface area contributed by atoms with Crippen LogP contribution in [0.4, 0.5) is 0 Å². The van der Waals surface area contributed by atoms with Gasteiger partial charge < -0.3 is 11.1 Å². The molecule has 0 fully saturated rings. The van der Waals surface area contributed by atoms with E-state index in [2.05, 4.69) is 22.4 Å². The monoisotopic (exact) mass is 319 g/mol. The molecule has 2 aromatic rings. The van der Waals surface area contributed by atoms with Gasteiger partial charge >= 0.3 is 0 Å². The molecule has 0 bridgehead atoms. The maximum atomic E-state index is 12.3. The Labute approximate surface area is 132 Å². The zero-order valence-corrected chi connectivity index (χ0v) is 13.2. The summed E-state index contributed by atoms with van der Waals surface area (Å²) in [7, 11) is 0. The fraction of sp³-hybridized carbons (Fsp3) is 0.333. The number of carbonyl (C=O) groups excluding carboxylic acids is 1. The van der Waals surface area contributed by atoms with Crippen LogP contribution in [0.5, 0.6) is 0 Å². The molecule has 4 nitrogen and oxygen atoms in total. The first-order valence-corrected chi connectivity index (χ1v) is 8.81. The lowest BCUT2D eigenvalue weighted by Gasteiger charge is -2.25. The number of nitrogens with one attached hydrogen (secondary N) is 1. The maximum Gasteiger partial charge on any atom is 0.271 e. The molecule has 0 saturated carbocycles. The minimum atomic E-state index is -0.0961. The van der Waals surface area contributed by atoms with Crippen LogP contribution in [0, 0.1) is 0 Å². The number of carbonyl (C=O) groups is 1. The zero-order chi connectivity index (χ0) is 14.7. The third-order valence-corrected chi connectivity index (χ3v) is 5.44. The predicted octanol–water partition coefficient (Wildman–Crippen LogP) is 2.61. The molecule has 1 amide bonds. The Hall–Kier alpha value is -1.37. The Balaban J connectivity index is 1.73. The van der Waals surface area contributed by atoms with E-state index in [0.29, 0.717) is 12.2 Å². The first kappa shape index (κ1) is 14.6. The van der Waals surface area contributed by atoms with Crippen LogP contribution < -0.4 is 11.1 Å². The quantitative estimate of drug-likeness (QED) is 0.909. The molecular weight excluding hydrogens is 302 g/mol. The summed E-state index contributed by atoms with van der Waals surface area (Å²) in [4.78, 5) is 17.9. The van der Waals surface area contributed by atoms with Crippen LogP contribution in [0.25, 0.3) is 0 Å². The Kier molecular flexibility index (Phi) is 4.57. The highest BCUT2D eigenvalue weighted by Crippen LogP contribution is 2.35. The Morgan fingerprint density at radius 1 is 1.43 bits per heavy atom. The van der Waals surface area contributed by atoms with Gasteiger partial charge in [0.25, 0.3) is 5.91 Å². The third-order valence-electron chi connectivity index (χ3n) is 3.41. The second kappa shape index (κ2) is 6.60. The summed E-state index contributed by atoms with van der Waals surface area (Å²) in [6.07, 6.45) is 1.67. The minimum absolute atomic E-state index is 0.0783. The fourth-order valence-corrected chi connectivity index (χ4v) is 4.30. The summed E-state index contributed by atoms with van der Waals surface area (Å²) in [6.45, 7) is 0.557. The number of aromatic nitrogens is 1. The number of nitrogens with two attached hydrogens (primary N) is 1. The highest BCUT2D eigenvalue weighted by Gasteiger charge is 2.23. The first-order chi connectivity index (χ1) is 10.3. The van der Waals surface area contributed by atoms with Gasteiger partial charge in [-0.15, -0.1) is 23.1 Å². The molecule has 1 unspecified atom stereocenters.